The van der Waals surface area contributed by atoms with Crippen LogP contribution in [0.25, 0.3) is 0 Å². The summed E-state index contributed by atoms with van der Waals surface area (Å²) in [5.41, 5.74) is 3.60. The monoisotopic (exact) mass is 375 g/mol. The largest absolute Gasteiger partial charge is 0.467 e. The van der Waals surface area contributed by atoms with E-state index >= 15 is 0 Å². The number of hydrogen-bond acceptors (Lipinski definition) is 4. The fourth-order valence-corrected chi connectivity index (χ4v) is 3.33. The maximum absolute atomic E-state index is 12.4. The Morgan fingerprint density at radius 1 is 1.00 bits per heavy atom. The number of nitrogens with zero attached hydrogens (tertiary/aromatic N) is 1. The van der Waals surface area contributed by atoms with E-state index in [1.807, 2.05) is 18.2 Å². The van der Waals surface area contributed by atoms with Crippen molar-refractivity contribution in [3.8, 4) is 0 Å². The fourth-order valence-electron chi connectivity index (χ4n) is 3.33. The molecular formula is C22H21N3O3. The molecule has 2 heterocycles. The first kappa shape index (κ1) is 17.9. The second-order valence-electron chi connectivity index (χ2n) is 6.69. The third kappa shape index (κ3) is 4.06. The summed E-state index contributed by atoms with van der Waals surface area (Å²) in [4.78, 5) is 26.6. The maximum atomic E-state index is 12.4. The van der Waals surface area contributed by atoms with Crippen molar-refractivity contribution in [3.63, 3.8) is 0 Å². The molecule has 0 radical (unpaired) electrons. The van der Waals surface area contributed by atoms with Crippen molar-refractivity contribution in [3.05, 3.63) is 83.8 Å². The number of anilines is 2. The van der Waals surface area contributed by atoms with E-state index in [9.17, 15) is 9.59 Å². The lowest BCUT2D eigenvalue weighted by molar-refractivity contribution is -0.115. The van der Waals surface area contributed by atoms with Gasteiger partial charge in [0.05, 0.1) is 19.4 Å². The molecule has 142 valence electrons. The summed E-state index contributed by atoms with van der Waals surface area (Å²) < 4.78 is 5.19. The van der Waals surface area contributed by atoms with Crippen molar-refractivity contribution in [1.29, 1.82) is 0 Å². The molecule has 0 aliphatic carbocycles. The van der Waals surface area contributed by atoms with Crippen LogP contribution in [-0.2, 0) is 17.8 Å². The van der Waals surface area contributed by atoms with Gasteiger partial charge in [-0.25, -0.2) is 0 Å². The van der Waals surface area contributed by atoms with E-state index in [0.29, 0.717) is 30.1 Å². The van der Waals surface area contributed by atoms with E-state index in [0.717, 1.165) is 18.7 Å². The number of rotatable bonds is 6. The number of hydrogen-bond donors (Lipinski definition) is 2. The number of furan rings is 1. The lowest BCUT2D eigenvalue weighted by Crippen LogP contribution is -2.31. The predicted octanol–water partition coefficient (Wildman–Crippen LogP) is 3.21. The first-order valence-electron chi connectivity index (χ1n) is 9.22. The van der Waals surface area contributed by atoms with Crippen molar-refractivity contribution in [1.82, 2.24) is 5.32 Å². The Bertz CT molecular complexity index is 965. The van der Waals surface area contributed by atoms with Crippen LogP contribution >= 0.6 is 0 Å². The number of fused-ring (bicyclic) bond motifs is 1. The van der Waals surface area contributed by atoms with E-state index in [4.69, 9.17) is 4.42 Å². The zero-order valence-electron chi connectivity index (χ0n) is 15.4. The Labute approximate surface area is 163 Å². The average Bonchev–Trinajstić information content (AvgIpc) is 3.37. The van der Waals surface area contributed by atoms with Gasteiger partial charge in [-0.15, -0.1) is 0 Å². The highest BCUT2D eigenvalue weighted by atomic mass is 16.3. The molecule has 28 heavy (non-hydrogen) atoms. The molecule has 1 aliphatic heterocycles. The second kappa shape index (κ2) is 8.00. The van der Waals surface area contributed by atoms with Crippen LogP contribution in [-0.4, -0.2) is 24.9 Å². The van der Waals surface area contributed by atoms with Gasteiger partial charge in [0.15, 0.2) is 0 Å². The number of carbonyl (C=O) groups is 2. The van der Waals surface area contributed by atoms with Crippen LogP contribution in [0.15, 0.2) is 71.3 Å². The van der Waals surface area contributed by atoms with Gasteiger partial charge in [0.25, 0.3) is 5.91 Å². The highest BCUT2D eigenvalue weighted by Gasteiger charge is 2.20. The lowest BCUT2D eigenvalue weighted by atomic mass is 10.2. The molecule has 0 saturated heterocycles. The lowest BCUT2D eigenvalue weighted by Gasteiger charge is -2.18. The Morgan fingerprint density at radius 3 is 2.61 bits per heavy atom. The Morgan fingerprint density at radius 2 is 1.82 bits per heavy atom. The van der Waals surface area contributed by atoms with Crippen LogP contribution in [0.3, 0.4) is 0 Å². The molecular weight excluding hydrogens is 354 g/mol. The van der Waals surface area contributed by atoms with Gasteiger partial charge in [-0.3, -0.25) is 9.59 Å². The number of nitrogens with one attached hydrogen (secondary N) is 2. The highest BCUT2D eigenvalue weighted by molar-refractivity contribution is 5.97. The molecule has 0 spiro atoms. The molecule has 1 aromatic heterocycles. The Hall–Kier alpha value is -3.54. The molecule has 0 fully saturated rings. The van der Waals surface area contributed by atoms with Gasteiger partial charge >= 0.3 is 0 Å². The highest BCUT2D eigenvalue weighted by Crippen LogP contribution is 2.27. The van der Waals surface area contributed by atoms with Crippen molar-refractivity contribution in [2.24, 2.45) is 0 Å². The zero-order valence-corrected chi connectivity index (χ0v) is 15.4. The van der Waals surface area contributed by atoms with Crippen LogP contribution < -0.4 is 15.5 Å². The SMILES string of the molecule is O=C(CN1CCc2ccccc21)Nc1ccc(C(=O)NCc2ccco2)cc1. The number of amides is 2. The van der Waals surface area contributed by atoms with Gasteiger partial charge in [-0.1, -0.05) is 18.2 Å². The van der Waals surface area contributed by atoms with Crippen molar-refractivity contribution < 1.29 is 14.0 Å². The molecule has 4 rings (SSSR count). The van der Waals surface area contributed by atoms with Crippen LogP contribution in [0.2, 0.25) is 0 Å². The Balaban J connectivity index is 1.30. The fraction of sp³-hybridized carbons (Fsp3) is 0.182. The summed E-state index contributed by atoms with van der Waals surface area (Å²) >= 11 is 0. The third-order valence-corrected chi connectivity index (χ3v) is 4.75. The summed E-state index contributed by atoms with van der Waals surface area (Å²) in [6, 6.07) is 18.6. The van der Waals surface area contributed by atoms with Crippen molar-refractivity contribution >= 4 is 23.2 Å². The van der Waals surface area contributed by atoms with Crippen molar-refractivity contribution in [2.45, 2.75) is 13.0 Å². The molecule has 2 aromatic carbocycles. The molecule has 3 aromatic rings. The molecule has 6 nitrogen and oxygen atoms in total. The molecule has 2 amide bonds. The molecule has 0 bridgehead atoms. The zero-order chi connectivity index (χ0) is 19.3. The van der Waals surface area contributed by atoms with E-state index in [2.05, 4.69) is 21.6 Å². The summed E-state index contributed by atoms with van der Waals surface area (Å²) in [6.45, 7) is 1.49. The summed E-state index contributed by atoms with van der Waals surface area (Å²) in [6.07, 6.45) is 2.53. The first-order chi connectivity index (χ1) is 13.7. The number of carbonyl (C=O) groups excluding carboxylic acids is 2. The van der Waals surface area contributed by atoms with Gasteiger partial charge in [0, 0.05) is 23.5 Å². The normalized spacial score (nSPS) is 12.5. The quantitative estimate of drug-likeness (QED) is 0.694. The van der Waals surface area contributed by atoms with Gasteiger partial charge in [-0.2, -0.15) is 0 Å². The van der Waals surface area contributed by atoms with Crippen LogP contribution in [0, 0.1) is 0 Å². The second-order valence-corrected chi connectivity index (χ2v) is 6.69. The Kier molecular flexibility index (Phi) is 5.10. The number of para-hydroxylation sites is 1. The molecule has 0 saturated carbocycles. The van der Waals surface area contributed by atoms with Gasteiger partial charge < -0.3 is 20.0 Å². The smallest absolute Gasteiger partial charge is 0.251 e. The van der Waals surface area contributed by atoms with Crippen LogP contribution in [0.5, 0.6) is 0 Å². The van der Waals surface area contributed by atoms with Gasteiger partial charge in [-0.05, 0) is 54.4 Å². The third-order valence-electron chi connectivity index (χ3n) is 4.75. The average molecular weight is 375 g/mol. The summed E-state index contributed by atoms with van der Waals surface area (Å²) in [5.74, 6) is 0.426. The van der Waals surface area contributed by atoms with E-state index in [1.165, 1.54) is 5.56 Å². The molecule has 2 N–H and O–H groups in total. The summed E-state index contributed by atoms with van der Waals surface area (Å²) in [7, 11) is 0. The van der Waals surface area contributed by atoms with Crippen molar-refractivity contribution in [2.75, 3.05) is 23.3 Å². The van der Waals surface area contributed by atoms with Crippen LogP contribution in [0.1, 0.15) is 21.7 Å². The topological polar surface area (TPSA) is 74.6 Å². The summed E-state index contributed by atoms with van der Waals surface area (Å²) in [5, 5.41) is 5.69. The molecule has 6 heteroatoms. The minimum atomic E-state index is -0.192. The predicted molar refractivity (Wildman–Crippen MR) is 107 cm³/mol. The van der Waals surface area contributed by atoms with E-state index < -0.39 is 0 Å². The van der Waals surface area contributed by atoms with Gasteiger partial charge in [0.2, 0.25) is 5.91 Å². The minimum absolute atomic E-state index is 0.0771. The standard InChI is InChI=1S/C22H21N3O3/c26-21(15-25-12-11-16-4-1-2-6-20(16)25)24-18-9-7-17(8-10-18)22(27)23-14-19-5-3-13-28-19/h1-10,13H,11-12,14-15H2,(H,23,27)(H,24,26). The number of benzene rings is 2. The van der Waals surface area contributed by atoms with Gasteiger partial charge in [0.1, 0.15) is 5.76 Å². The van der Waals surface area contributed by atoms with E-state index in [-0.39, 0.29) is 11.8 Å². The molecule has 1 aliphatic rings. The maximum Gasteiger partial charge on any atom is 0.251 e. The molecule has 0 unspecified atom stereocenters. The minimum Gasteiger partial charge on any atom is -0.467 e. The van der Waals surface area contributed by atoms with E-state index in [1.54, 1.807) is 42.7 Å². The first-order valence-corrected chi connectivity index (χ1v) is 9.22. The van der Waals surface area contributed by atoms with Crippen LogP contribution in [0.4, 0.5) is 11.4 Å². The molecule has 0 atom stereocenters.